The van der Waals surface area contributed by atoms with Gasteiger partial charge in [0.1, 0.15) is 12.2 Å². The largest absolute Gasteiger partial charge is 0.357 e. The Labute approximate surface area is 169 Å². The van der Waals surface area contributed by atoms with Crippen LogP contribution in [0.3, 0.4) is 0 Å². The summed E-state index contributed by atoms with van der Waals surface area (Å²) in [6.45, 7) is 7.70. The summed E-state index contributed by atoms with van der Waals surface area (Å²) in [6, 6.07) is 0. The van der Waals surface area contributed by atoms with Gasteiger partial charge in [-0.05, 0) is 19.3 Å². The van der Waals surface area contributed by atoms with E-state index in [9.17, 15) is 0 Å². The molecule has 0 amide bonds. The number of unbranched alkanes of at least 4 members (excludes halogenated alkanes) is 1. The molecule has 7 heteroatoms. The normalized spacial score (nSPS) is 15.2. The van der Waals surface area contributed by atoms with Crippen LogP contribution in [0, 0.1) is 5.92 Å². The zero-order valence-corrected chi connectivity index (χ0v) is 18.2. The van der Waals surface area contributed by atoms with Gasteiger partial charge in [-0.15, -0.1) is 34.2 Å². The zero-order valence-electron chi connectivity index (χ0n) is 15.8. The summed E-state index contributed by atoms with van der Waals surface area (Å²) in [5, 5.41) is 14.8. The van der Waals surface area contributed by atoms with E-state index in [0.717, 1.165) is 50.3 Å². The van der Waals surface area contributed by atoms with E-state index in [1.165, 1.54) is 44.9 Å². The first-order valence-electron chi connectivity index (χ1n) is 9.72. The van der Waals surface area contributed by atoms with Gasteiger partial charge in [0.2, 0.25) is 0 Å². The number of nitrogens with zero attached hydrogens (tertiary/aromatic N) is 4. The van der Waals surface area contributed by atoms with Crippen molar-refractivity contribution in [2.24, 2.45) is 10.9 Å². The molecule has 0 atom stereocenters. The van der Waals surface area contributed by atoms with Crippen LogP contribution in [-0.2, 0) is 13.0 Å². The van der Waals surface area contributed by atoms with Crippen LogP contribution in [0.15, 0.2) is 11.3 Å². The lowest BCUT2D eigenvalue weighted by molar-refractivity contribution is 0.475. The van der Waals surface area contributed by atoms with Crippen LogP contribution in [0.5, 0.6) is 0 Å². The van der Waals surface area contributed by atoms with E-state index < -0.39 is 0 Å². The highest BCUT2D eigenvalue weighted by Crippen LogP contribution is 2.28. The second kappa shape index (κ2) is 13.4. The fourth-order valence-corrected chi connectivity index (χ4v) is 3.41. The third-order valence-electron chi connectivity index (χ3n) is 4.77. The number of aromatic nitrogens is 3. The molecule has 144 valence electrons. The van der Waals surface area contributed by atoms with E-state index in [1.54, 1.807) is 6.33 Å². The number of rotatable bonds is 10. The van der Waals surface area contributed by atoms with Gasteiger partial charge in [0.05, 0.1) is 0 Å². The predicted octanol–water partition coefficient (Wildman–Crippen LogP) is 3.37. The maximum atomic E-state index is 4.69. The molecular weight excluding hydrogens is 427 g/mol. The van der Waals surface area contributed by atoms with Gasteiger partial charge in [0, 0.05) is 32.6 Å². The summed E-state index contributed by atoms with van der Waals surface area (Å²) >= 11 is 0. The molecule has 6 nitrogen and oxygen atoms in total. The Kier molecular flexibility index (Phi) is 11.9. The van der Waals surface area contributed by atoms with Crippen LogP contribution in [-0.4, -0.2) is 40.4 Å². The van der Waals surface area contributed by atoms with Crippen LogP contribution in [0.1, 0.15) is 64.6 Å². The lowest BCUT2D eigenvalue weighted by atomic mass is 10.0. The Balaban J connectivity index is 0.00000312. The monoisotopic (exact) mass is 462 g/mol. The molecule has 0 saturated heterocycles. The number of aryl methyl sites for hydroxylation is 1. The van der Waals surface area contributed by atoms with Crippen molar-refractivity contribution in [1.29, 1.82) is 0 Å². The Morgan fingerprint density at radius 3 is 2.76 bits per heavy atom. The van der Waals surface area contributed by atoms with E-state index in [4.69, 9.17) is 4.99 Å². The first-order chi connectivity index (χ1) is 11.8. The molecule has 0 aromatic carbocycles. The second-order valence-electron chi connectivity index (χ2n) is 6.63. The molecule has 2 rings (SSSR count). The molecule has 2 N–H and O–H groups in total. The molecule has 0 unspecified atom stereocenters. The van der Waals surface area contributed by atoms with Crippen molar-refractivity contribution in [2.75, 3.05) is 19.6 Å². The van der Waals surface area contributed by atoms with Gasteiger partial charge in [0.25, 0.3) is 0 Å². The molecule has 0 aliphatic heterocycles. The Morgan fingerprint density at radius 2 is 2.04 bits per heavy atom. The Hall–Kier alpha value is -0.860. The smallest absolute Gasteiger partial charge is 0.191 e. The van der Waals surface area contributed by atoms with Gasteiger partial charge < -0.3 is 15.2 Å². The zero-order chi connectivity index (χ0) is 17.0. The molecule has 1 fully saturated rings. The van der Waals surface area contributed by atoms with E-state index in [2.05, 4.69) is 39.2 Å². The lowest BCUT2D eigenvalue weighted by Gasteiger charge is -2.12. The molecule has 1 aromatic rings. The average Bonchev–Trinajstić information content (AvgIpc) is 3.25. The summed E-state index contributed by atoms with van der Waals surface area (Å²) < 4.78 is 2.10. The SMILES string of the molecule is CCNC(=NCCCCC1CCCC1)NCCn1cnnc1CC.I. The Morgan fingerprint density at radius 1 is 1.24 bits per heavy atom. The van der Waals surface area contributed by atoms with Crippen LogP contribution < -0.4 is 10.6 Å². The summed E-state index contributed by atoms with van der Waals surface area (Å²) in [6.07, 6.45) is 12.4. The summed E-state index contributed by atoms with van der Waals surface area (Å²) in [5.41, 5.74) is 0. The molecule has 0 spiro atoms. The molecule has 0 bridgehead atoms. The van der Waals surface area contributed by atoms with Crippen molar-refractivity contribution >= 4 is 29.9 Å². The highest BCUT2D eigenvalue weighted by Gasteiger charge is 2.13. The average molecular weight is 462 g/mol. The molecule has 1 aliphatic carbocycles. The molecule has 25 heavy (non-hydrogen) atoms. The van der Waals surface area contributed by atoms with Gasteiger partial charge in [-0.3, -0.25) is 4.99 Å². The number of guanidine groups is 1. The molecule has 1 saturated carbocycles. The highest BCUT2D eigenvalue weighted by atomic mass is 127. The second-order valence-corrected chi connectivity index (χ2v) is 6.63. The Bertz CT molecular complexity index is 482. The van der Waals surface area contributed by atoms with Gasteiger partial charge >= 0.3 is 0 Å². The topological polar surface area (TPSA) is 67.1 Å². The van der Waals surface area contributed by atoms with Crippen LogP contribution in [0.4, 0.5) is 0 Å². The molecule has 1 heterocycles. The minimum atomic E-state index is 0. The van der Waals surface area contributed by atoms with Gasteiger partial charge in [-0.1, -0.05) is 45.4 Å². The van der Waals surface area contributed by atoms with Crippen LogP contribution >= 0.6 is 24.0 Å². The first-order valence-corrected chi connectivity index (χ1v) is 9.72. The van der Waals surface area contributed by atoms with Crippen LogP contribution in [0.2, 0.25) is 0 Å². The maximum Gasteiger partial charge on any atom is 0.191 e. The molecule has 0 radical (unpaired) electrons. The quantitative estimate of drug-likeness (QED) is 0.242. The predicted molar refractivity (Wildman–Crippen MR) is 115 cm³/mol. The minimum absolute atomic E-state index is 0. The summed E-state index contributed by atoms with van der Waals surface area (Å²) in [5.74, 6) is 2.95. The van der Waals surface area contributed by atoms with Crippen molar-refractivity contribution in [2.45, 2.75) is 71.8 Å². The fraction of sp³-hybridized carbons (Fsp3) is 0.833. The number of halogens is 1. The van der Waals surface area contributed by atoms with Gasteiger partial charge in [0.15, 0.2) is 5.96 Å². The highest BCUT2D eigenvalue weighted by molar-refractivity contribution is 14.0. The van der Waals surface area contributed by atoms with E-state index in [-0.39, 0.29) is 24.0 Å². The van der Waals surface area contributed by atoms with Gasteiger partial charge in [-0.25, -0.2) is 0 Å². The third-order valence-corrected chi connectivity index (χ3v) is 4.77. The first kappa shape index (κ1) is 22.2. The molecule has 1 aliphatic rings. The number of nitrogens with one attached hydrogen (secondary N) is 2. The summed E-state index contributed by atoms with van der Waals surface area (Å²) in [7, 11) is 0. The van der Waals surface area contributed by atoms with Crippen LogP contribution in [0.25, 0.3) is 0 Å². The van der Waals surface area contributed by atoms with Crippen molar-refractivity contribution in [3.8, 4) is 0 Å². The summed E-state index contributed by atoms with van der Waals surface area (Å²) in [4.78, 5) is 4.69. The van der Waals surface area contributed by atoms with Crippen molar-refractivity contribution < 1.29 is 0 Å². The maximum absolute atomic E-state index is 4.69. The molecule has 1 aromatic heterocycles. The number of hydrogen-bond donors (Lipinski definition) is 2. The standard InChI is InChI=1S/C18H34N6.HI/c1-3-17-23-22-15-24(17)14-13-21-18(19-4-2)20-12-8-7-11-16-9-5-6-10-16;/h15-16H,3-14H2,1-2H3,(H2,19,20,21);1H. The number of hydrogen-bond acceptors (Lipinski definition) is 3. The van der Waals surface area contributed by atoms with Crippen molar-refractivity contribution in [3.05, 3.63) is 12.2 Å². The van der Waals surface area contributed by atoms with Gasteiger partial charge in [-0.2, -0.15) is 0 Å². The van der Waals surface area contributed by atoms with Crippen molar-refractivity contribution in [3.63, 3.8) is 0 Å². The molecular formula is C18H35IN6. The lowest BCUT2D eigenvalue weighted by Crippen LogP contribution is -2.39. The number of aliphatic imine (C=N–C) groups is 1. The minimum Gasteiger partial charge on any atom is -0.357 e. The van der Waals surface area contributed by atoms with Crippen molar-refractivity contribution in [1.82, 2.24) is 25.4 Å². The van der Waals surface area contributed by atoms with E-state index >= 15 is 0 Å². The van der Waals surface area contributed by atoms with E-state index in [0.29, 0.717) is 0 Å². The van der Waals surface area contributed by atoms with E-state index in [1.807, 2.05) is 0 Å². The third kappa shape index (κ3) is 8.37. The fourth-order valence-electron chi connectivity index (χ4n) is 3.41.